The summed E-state index contributed by atoms with van der Waals surface area (Å²) in [5.41, 5.74) is 2.83. The second kappa shape index (κ2) is 6.55. The van der Waals surface area contributed by atoms with Gasteiger partial charge in [0.15, 0.2) is 0 Å². The fourth-order valence-electron chi connectivity index (χ4n) is 2.04. The van der Waals surface area contributed by atoms with Crippen LogP contribution in [-0.2, 0) is 9.47 Å². The highest BCUT2D eigenvalue weighted by Crippen LogP contribution is 2.22. The fraction of sp³-hybridized carbons (Fsp3) is 1.00. The van der Waals surface area contributed by atoms with Crippen molar-refractivity contribution in [3.8, 4) is 0 Å². The van der Waals surface area contributed by atoms with Gasteiger partial charge in [0.05, 0.1) is 11.7 Å². The third-order valence-corrected chi connectivity index (χ3v) is 3.45. The van der Waals surface area contributed by atoms with E-state index in [0.717, 1.165) is 25.9 Å². The molecule has 0 aromatic carbocycles. The average Bonchev–Trinajstić information content (AvgIpc) is 2.77. The summed E-state index contributed by atoms with van der Waals surface area (Å²) in [4.78, 5) is 0. The Bertz CT molecular complexity index is 191. The van der Waals surface area contributed by atoms with Gasteiger partial charge in [-0.2, -0.15) is 0 Å². The first kappa shape index (κ1) is 13.9. The monoisotopic (exact) mass is 230 g/mol. The molecule has 0 aromatic heterocycles. The predicted molar refractivity (Wildman–Crippen MR) is 65.0 cm³/mol. The Kier molecular flexibility index (Phi) is 5.69. The van der Waals surface area contributed by atoms with Crippen molar-refractivity contribution in [1.82, 2.24) is 5.43 Å². The van der Waals surface area contributed by atoms with Crippen LogP contribution in [0, 0.1) is 0 Å². The fourth-order valence-corrected chi connectivity index (χ4v) is 2.04. The number of nitrogens with one attached hydrogen (secondary N) is 1. The van der Waals surface area contributed by atoms with Gasteiger partial charge in [0, 0.05) is 19.8 Å². The van der Waals surface area contributed by atoms with E-state index in [2.05, 4.69) is 19.3 Å². The molecule has 0 aromatic rings. The minimum absolute atomic E-state index is 0.0639. The first-order chi connectivity index (χ1) is 7.57. The van der Waals surface area contributed by atoms with Crippen molar-refractivity contribution in [2.24, 2.45) is 5.84 Å². The maximum absolute atomic E-state index is 5.62. The van der Waals surface area contributed by atoms with Crippen molar-refractivity contribution in [1.29, 1.82) is 0 Å². The third kappa shape index (κ3) is 4.78. The molecule has 4 heteroatoms. The van der Waals surface area contributed by atoms with E-state index in [4.69, 9.17) is 15.3 Å². The number of ether oxygens (including phenoxy) is 2. The van der Waals surface area contributed by atoms with E-state index in [1.54, 1.807) is 7.11 Å². The zero-order chi connectivity index (χ0) is 12.0. The molecular formula is C12H26N2O2. The van der Waals surface area contributed by atoms with Crippen LogP contribution in [0.25, 0.3) is 0 Å². The first-order valence-electron chi connectivity index (χ1n) is 6.20. The van der Waals surface area contributed by atoms with Gasteiger partial charge in [-0.3, -0.25) is 11.3 Å². The molecule has 1 aliphatic rings. The van der Waals surface area contributed by atoms with E-state index in [1.165, 1.54) is 12.8 Å². The molecule has 1 fully saturated rings. The summed E-state index contributed by atoms with van der Waals surface area (Å²) < 4.78 is 11.0. The molecule has 0 amide bonds. The van der Waals surface area contributed by atoms with Crippen LogP contribution >= 0.6 is 0 Å². The highest BCUT2D eigenvalue weighted by molar-refractivity contribution is 4.77. The molecule has 2 unspecified atom stereocenters. The van der Waals surface area contributed by atoms with Gasteiger partial charge in [-0.1, -0.05) is 0 Å². The second-order valence-corrected chi connectivity index (χ2v) is 5.24. The van der Waals surface area contributed by atoms with Gasteiger partial charge < -0.3 is 9.47 Å². The van der Waals surface area contributed by atoms with E-state index in [0.29, 0.717) is 12.1 Å². The van der Waals surface area contributed by atoms with Crippen LogP contribution in [0.5, 0.6) is 0 Å². The molecular weight excluding hydrogens is 204 g/mol. The van der Waals surface area contributed by atoms with Crippen molar-refractivity contribution in [2.45, 2.75) is 63.7 Å². The molecule has 0 aliphatic carbocycles. The van der Waals surface area contributed by atoms with E-state index in [1.807, 2.05) is 0 Å². The number of nitrogens with two attached hydrogens (primary N) is 1. The van der Waals surface area contributed by atoms with Crippen molar-refractivity contribution in [3.63, 3.8) is 0 Å². The molecule has 2 atom stereocenters. The smallest absolute Gasteiger partial charge is 0.0623 e. The maximum atomic E-state index is 5.62. The topological polar surface area (TPSA) is 56.5 Å². The Morgan fingerprint density at radius 2 is 2.31 bits per heavy atom. The van der Waals surface area contributed by atoms with Crippen LogP contribution in [0.2, 0.25) is 0 Å². The summed E-state index contributed by atoms with van der Waals surface area (Å²) >= 11 is 0. The van der Waals surface area contributed by atoms with E-state index in [-0.39, 0.29) is 5.60 Å². The number of rotatable bonds is 7. The Balaban J connectivity index is 2.25. The normalized spacial score (nSPS) is 23.6. The highest BCUT2D eigenvalue weighted by Gasteiger charge is 2.23. The summed E-state index contributed by atoms with van der Waals surface area (Å²) in [6.45, 7) is 5.12. The molecule has 96 valence electrons. The molecule has 1 heterocycles. The Labute approximate surface area is 98.8 Å². The van der Waals surface area contributed by atoms with Crippen LogP contribution in [0.3, 0.4) is 0 Å². The molecule has 0 bridgehead atoms. The first-order valence-corrected chi connectivity index (χ1v) is 6.20. The van der Waals surface area contributed by atoms with Gasteiger partial charge in [-0.15, -0.1) is 0 Å². The minimum Gasteiger partial charge on any atom is -0.379 e. The van der Waals surface area contributed by atoms with Crippen LogP contribution < -0.4 is 11.3 Å². The molecule has 4 nitrogen and oxygen atoms in total. The van der Waals surface area contributed by atoms with Gasteiger partial charge >= 0.3 is 0 Å². The lowest BCUT2D eigenvalue weighted by atomic mass is 9.96. The summed E-state index contributed by atoms with van der Waals surface area (Å²) in [7, 11) is 1.75. The molecule has 3 N–H and O–H groups in total. The lowest BCUT2D eigenvalue weighted by molar-refractivity contribution is 0.00958. The molecule has 0 radical (unpaired) electrons. The summed E-state index contributed by atoms with van der Waals surface area (Å²) in [6.07, 6.45) is 5.79. The van der Waals surface area contributed by atoms with Crippen LogP contribution in [0.15, 0.2) is 0 Å². The number of hydrogen-bond donors (Lipinski definition) is 2. The quantitative estimate of drug-likeness (QED) is 0.515. The van der Waals surface area contributed by atoms with Gasteiger partial charge in [0.25, 0.3) is 0 Å². The van der Waals surface area contributed by atoms with E-state index >= 15 is 0 Å². The van der Waals surface area contributed by atoms with E-state index in [9.17, 15) is 0 Å². The highest BCUT2D eigenvalue weighted by atomic mass is 16.5. The summed E-state index contributed by atoms with van der Waals surface area (Å²) in [5.74, 6) is 5.58. The van der Waals surface area contributed by atoms with Crippen molar-refractivity contribution < 1.29 is 9.47 Å². The van der Waals surface area contributed by atoms with Gasteiger partial charge in [0.1, 0.15) is 0 Å². The summed E-state index contributed by atoms with van der Waals surface area (Å²) in [6, 6.07) is 0.331. The van der Waals surface area contributed by atoms with Crippen LogP contribution in [0.1, 0.15) is 46.0 Å². The number of hydrogen-bond acceptors (Lipinski definition) is 4. The number of methoxy groups -OCH3 is 1. The zero-order valence-electron chi connectivity index (χ0n) is 10.8. The van der Waals surface area contributed by atoms with Crippen LogP contribution in [-0.4, -0.2) is 31.5 Å². The van der Waals surface area contributed by atoms with Gasteiger partial charge in [-0.05, 0) is 46.0 Å². The molecule has 16 heavy (non-hydrogen) atoms. The van der Waals surface area contributed by atoms with Crippen molar-refractivity contribution in [2.75, 3.05) is 13.7 Å². The lowest BCUT2D eigenvalue weighted by Gasteiger charge is -2.26. The van der Waals surface area contributed by atoms with Crippen LogP contribution in [0.4, 0.5) is 0 Å². The predicted octanol–water partition coefficient (Wildman–Crippen LogP) is 1.59. The SMILES string of the molecule is COC(C)(C)CCC(CC1CCCO1)NN. The largest absolute Gasteiger partial charge is 0.379 e. The molecule has 1 saturated heterocycles. The second-order valence-electron chi connectivity index (χ2n) is 5.24. The molecule has 1 rings (SSSR count). The standard InChI is InChI=1S/C12H26N2O2/c1-12(2,15-3)7-6-10(14-13)9-11-5-4-8-16-11/h10-11,14H,4-9,13H2,1-3H3. The van der Waals surface area contributed by atoms with Gasteiger partial charge in [0.2, 0.25) is 0 Å². The maximum Gasteiger partial charge on any atom is 0.0623 e. The molecule has 1 aliphatic heterocycles. The lowest BCUT2D eigenvalue weighted by Crippen LogP contribution is -2.39. The molecule has 0 spiro atoms. The summed E-state index contributed by atoms with van der Waals surface area (Å²) in [5, 5.41) is 0. The van der Waals surface area contributed by atoms with Gasteiger partial charge in [-0.25, -0.2) is 0 Å². The van der Waals surface area contributed by atoms with Crippen molar-refractivity contribution in [3.05, 3.63) is 0 Å². The number of hydrazine groups is 1. The van der Waals surface area contributed by atoms with E-state index < -0.39 is 0 Å². The van der Waals surface area contributed by atoms with Crippen molar-refractivity contribution >= 4 is 0 Å². The Morgan fingerprint density at radius 3 is 2.81 bits per heavy atom. The Morgan fingerprint density at radius 1 is 1.56 bits per heavy atom. The minimum atomic E-state index is -0.0639. The zero-order valence-corrected chi connectivity index (χ0v) is 10.8. The Hall–Kier alpha value is -0.160. The third-order valence-electron chi connectivity index (χ3n) is 3.45. The molecule has 0 saturated carbocycles. The average molecular weight is 230 g/mol.